The van der Waals surface area contributed by atoms with E-state index in [1.54, 1.807) is 39.8 Å². The van der Waals surface area contributed by atoms with Crippen molar-refractivity contribution in [3.63, 3.8) is 0 Å². The van der Waals surface area contributed by atoms with Crippen LogP contribution in [0.25, 0.3) is 0 Å². The predicted octanol–water partition coefficient (Wildman–Crippen LogP) is 2.26. The first-order valence-corrected chi connectivity index (χ1v) is 9.88. The Bertz CT molecular complexity index is 839. The van der Waals surface area contributed by atoms with Crippen molar-refractivity contribution in [3.05, 3.63) is 29.8 Å². The molecule has 0 aromatic heterocycles. The molecule has 27 heavy (non-hydrogen) atoms. The lowest BCUT2D eigenvalue weighted by atomic mass is 10.1. The number of alkyl carbamates (subject to hydrolysis) is 1. The van der Waals surface area contributed by atoms with Gasteiger partial charge in [0.25, 0.3) is 5.90 Å². The van der Waals surface area contributed by atoms with Gasteiger partial charge < -0.3 is 20.1 Å². The first-order chi connectivity index (χ1) is 12.6. The molecular weight excluding hydrogens is 372 g/mol. The van der Waals surface area contributed by atoms with Crippen LogP contribution in [0.15, 0.2) is 33.1 Å². The second kappa shape index (κ2) is 8.38. The van der Waals surface area contributed by atoms with Crippen LogP contribution in [0.4, 0.5) is 10.5 Å². The number of benzene rings is 1. The topological polar surface area (TPSA) is 118 Å². The summed E-state index contributed by atoms with van der Waals surface area (Å²) in [5.74, 6) is -0.000621. The Hall–Kier alpha value is -2.62. The number of carbonyl (C=O) groups is 1. The smallest absolute Gasteiger partial charge is 0.407 e. The van der Waals surface area contributed by atoms with Crippen LogP contribution in [-0.4, -0.2) is 45.0 Å². The summed E-state index contributed by atoms with van der Waals surface area (Å²) in [6.45, 7) is 7.86. The third kappa shape index (κ3) is 6.89. The number of rotatable bonds is 5. The second-order valence-corrected chi connectivity index (χ2v) is 7.98. The lowest BCUT2D eigenvalue weighted by Crippen LogP contribution is -2.33. The molecular formula is C17H24N4O5S. The highest BCUT2D eigenvalue weighted by molar-refractivity contribution is 7.89. The molecule has 1 aliphatic rings. The van der Waals surface area contributed by atoms with Crippen LogP contribution in [-0.2, 0) is 26.1 Å². The maximum atomic E-state index is 11.6. The summed E-state index contributed by atoms with van der Waals surface area (Å²) in [5, 5.41) is 5.58. The summed E-state index contributed by atoms with van der Waals surface area (Å²) in [5.41, 5.74) is 1.11. The number of ether oxygens (including phenoxy) is 2. The van der Waals surface area contributed by atoms with E-state index < -0.39 is 21.9 Å². The average molecular weight is 396 g/mol. The van der Waals surface area contributed by atoms with Crippen LogP contribution in [0.3, 0.4) is 0 Å². The van der Waals surface area contributed by atoms with E-state index >= 15 is 0 Å². The number of carbonyl (C=O) groups excluding carboxylic acids is 1. The number of amidine groups is 1. The van der Waals surface area contributed by atoms with Crippen molar-refractivity contribution < 1.29 is 22.7 Å². The lowest BCUT2D eigenvalue weighted by Gasteiger charge is -2.19. The van der Waals surface area contributed by atoms with Gasteiger partial charge in [-0.1, -0.05) is 12.1 Å². The van der Waals surface area contributed by atoms with Crippen molar-refractivity contribution in [3.8, 4) is 0 Å². The number of anilines is 1. The normalized spacial score (nSPS) is 15.6. The fourth-order valence-corrected chi connectivity index (χ4v) is 2.89. The molecule has 0 fully saturated rings. The SMILES string of the molecule is CCOC1=NS(=O)(=O)N=C1Nc1ccc(CCNC(=O)OC(C)(C)C)cc1. The van der Waals surface area contributed by atoms with Crippen molar-refractivity contribution in [2.45, 2.75) is 39.7 Å². The highest BCUT2D eigenvalue weighted by Gasteiger charge is 2.25. The molecule has 0 atom stereocenters. The van der Waals surface area contributed by atoms with E-state index in [2.05, 4.69) is 19.4 Å². The van der Waals surface area contributed by atoms with Crippen molar-refractivity contribution in [2.75, 3.05) is 18.5 Å². The van der Waals surface area contributed by atoms with Crippen LogP contribution in [0.5, 0.6) is 0 Å². The largest absolute Gasteiger partial charge is 0.475 e. The van der Waals surface area contributed by atoms with E-state index in [0.717, 1.165) is 5.56 Å². The van der Waals surface area contributed by atoms with Gasteiger partial charge in [0.05, 0.1) is 6.61 Å². The molecule has 1 amide bonds. The number of nitrogens with zero attached hydrogens (tertiary/aromatic N) is 2. The Morgan fingerprint density at radius 1 is 1.15 bits per heavy atom. The van der Waals surface area contributed by atoms with Gasteiger partial charge in [0.15, 0.2) is 0 Å². The van der Waals surface area contributed by atoms with E-state index in [9.17, 15) is 13.2 Å². The lowest BCUT2D eigenvalue weighted by molar-refractivity contribution is 0.0528. The molecule has 148 valence electrons. The van der Waals surface area contributed by atoms with E-state index in [1.165, 1.54) is 0 Å². The van der Waals surface area contributed by atoms with Gasteiger partial charge in [-0.2, -0.15) is 8.42 Å². The summed E-state index contributed by atoms with van der Waals surface area (Å²) in [6, 6.07) is 7.28. The Morgan fingerprint density at radius 3 is 2.41 bits per heavy atom. The van der Waals surface area contributed by atoms with Gasteiger partial charge in [-0.15, -0.1) is 8.80 Å². The maximum absolute atomic E-state index is 11.6. The number of nitrogens with one attached hydrogen (secondary N) is 2. The van der Waals surface area contributed by atoms with Crippen LogP contribution in [0.1, 0.15) is 33.3 Å². The highest BCUT2D eigenvalue weighted by Crippen LogP contribution is 2.14. The molecule has 2 N–H and O–H groups in total. The zero-order valence-electron chi connectivity index (χ0n) is 15.8. The van der Waals surface area contributed by atoms with E-state index in [-0.39, 0.29) is 18.3 Å². The number of hydrogen-bond acceptors (Lipinski definition) is 6. The second-order valence-electron chi connectivity index (χ2n) is 6.72. The molecule has 9 nitrogen and oxygen atoms in total. The summed E-state index contributed by atoms with van der Waals surface area (Å²) in [7, 11) is -3.89. The van der Waals surface area contributed by atoms with Gasteiger partial charge in [-0.25, -0.2) is 4.79 Å². The highest BCUT2D eigenvalue weighted by atomic mass is 32.2. The fourth-order valence-electron chi connectivity index (χ4n) is 2.15. The van der Waals surface area contributed by atoms with E-state index in [1.807, 2.05) is 12.1 Å². The van der Waals surface area contributed by atoms with Crippen LogP contribution >= 0.6 is 0 Å². The van der Waals surface area contributed by atoms with Gasteiger partial charge in [-0.3, -0.25) is 0 Å². The molecule has 0 spiro atoms. The van der Waals surface area contributed by atoms with Gasteiger partial charge >= 0.3 is 16.3 Å². The third-order valence-electron chi connectivity index (χ3n) is 3.19. The number of amides is 1. The Morgan fingerprint density at radius 2 is 1.81 bits per heavy atom. The Labute approximate surface area is 159 Å². The van der Waals surface area contributed by atoms with Crippen molar-refractivity contribution in [1.82, 2.24) is 5.32 Å². The van der Waals surface area contributed by atoms with Crippen LogP contribution < -0.4 is 10.6 Å². The van der Waals surface area contributed by atoms with Crippen LogP contribution in [0.2, 0.25) is 0 Å². The summed E-state index contributed by atoms with van der Waals surface area (Å²) in [6.07, 6.45) is 0.171. The standard InChI is InChI=1S/C17H24N4O5S/c1-5-25-15-14(20-27(23,24)21-15)19-13-8-6-12(7-9-13)10-11-18-16(22)26-17(2,3)4/h6-9H,5,10-11H2,1-4H3,(H,18,22)(H,19,20). The van der Waals surface area contributed by atoms with Crippen molar-refractivity contribution in [1.29, 1.82) is 0 Å². The summed E-state index contributed by atoms with van der Waals surface area (Å²) >= 11 is 0. The summed E-state index contributed by atoms with van der Waals surface area (Å²) < 4.78 is 40.3. The van der Waals surface area contributed by atoms with Gasteiger partial charge in [0, 0.05) is 12.2 Å². The molecule has 0 radical (unpaired) electrons. The maximum Gasteiger partial charge on any atom is 0.407 e. The first kappa shape index (κ1) is 20.7. The van der Waals surface area contributed by atoms with E-state index in [4.69, 9.17) is 9.47 Å². The molecule has 0 saturated heterocycles. The molecule has 0 bridgehead atoms. The fraction of sp³-hybridized carbons (Fsp3) is 0.471. The summed E-state index contributed by atoms with van der Waals surface area (Å²) in [4.78, 5) is 11.6. The predicted molar refractivity (Wildman–Crippen MR) is 103 cm³/mol. The molecule has 0 aliphatic carbocycles. The molecule has 10 heteroatoms. The van der Waals surface area contributed by atoms with E-state index in [0.29, 0.717) is 18.7 Å². The first-order valence-electron chi connectivity index (χ1n) is 8.49. The van der Waals surface area contributed by atoms with Gasteiger partial charge in [-0.05, 0) is 51.8 Å². The minimum Gasteiger partial charge on any atom is -0.475 e. The zero-order chi connectivity index (χ0) is 20.1. The molecule has 0 unspecified atom stereocenters. The van der Waals surface area contributed by atoms with Gasteiger partial charge in [0.2, 0.25) is 5.84 Å². The average Bonchev–Trinajstić information content (AvgIpc) is 2.81. The van der Waals surface area contributed by atoms with Crippen molar-refractivity contribution in [2.24, 2.45) is 8.80 Å². The van der Waals surface area contributed by atoms with Gasteiger partial charge in [0.1, 0.15) is 5.60 Å². The minimum absolute atomic E-state index is 0.0520. The quantitative estimate of drug-likeness (QED) is 0.788. The minimum atomic E-state index is -3.89. The molecule has 1 aliphatic heterocycles. The monoisotopic (exact) mass is 396 g/mol. The molecule has 2 rings (SSSR count). The van der Waals surface area contributed by atoms with Crippen LogP contribution in [0, 0.1) is 0 Å². The third-order valence-corrected chi connectivity index (χ3v) is 4.00. The zero-order valence-corrected chi connectivity index (χ0v) is 16.6. The number of hydrogen-bond donors (Lipinski definition) is 2. The molecule has 0 saturated carbocycles. The Balaban J connectivity index is 1.89. The molecule has 1 heterocycles. The molecule has 1 aromatic carbocycles. The molecule has 1 aromatic rings. The van der Waals surface area contributed by atoms with Crippen molar-refractivity contribution >= 4 is 33.7 Å². The Kier molecular flexibility index (Phi) is 6.42.